The summed E-state index contributed by atoms with van der Waals surface area (Å²) in [6.45, 7) is 8.27. The minimum Gasteiger partial charge on any atom is -0.378 e. The zero-order chi connectivity index (χ0) is 18.9. The summed E-state index contributed by atoms with van der Waals surface area (Å²) in [7, 11) is 3.51. The van der Waals surface area contributed by atoms with Crippen LogP contribution in [0.4, 0.5) is 0 Å². The van der Waals surface area contributed by atoms with Gasteiger partial charge in [-0.25, -0.2) is 4.99 Å². The van der Waals surface area contributed by atoms with Gasteiger partial charge in [0.15, 0.2) is 5.96 Å². The maximum Gasteiger partial charge on any atom is 0.243 e. The Hall–Kier alpha value is -0.950. The number of amides is 1. The molecule has 0 aromatic heterocycles. The molecule has 0 saturated heterocycles. The third-order valence-electron chi connectivity index (χ3n) is 5.25. The molecule has 1 saturated carbocycles. The monoisotopic (exact) mass is 372 g/mol. The molecule has 0 aliphatic heterocycles. The molecular formula is C18H36N4O2S. The lowest BCUT2D eigenvalue weighted by molar-refractivity contribution is -0.133. The first-order valence-corrected chi connectivity index (χ1v) is 10.7. The van der Waals surface area contributed by atoms with Crippen LogP contribution in [0, 0.1) is 5.41 Å². The molecule has 25 heavy (non-hydrogen) atoms. The Balaban J connectivity index is 2.78. The number of aliphatic imine (C=N–C) groups is 1. The molecule has 1 fully saturated rings. The molecule has 2 N–H and O–H groups in total. The van der Waals surface area contributed by atoms with Gasteiger partial charge in [-0.15, -0.1) is 0 Å². The van der Waals surface area contributed by atoms with E-state index >= 15 is 0 Å². The van der Waals surface area contributed by atoms with Gasteiger partial charge in [0, 0.05) is 44.5 Å². The fraction of sp³-hybridized carbons (Fsp3) is 0.889. The number of guanidine groups is 1. The van der Waals surface area contributed by atoms with E-state index in [4.69, 9.17) is 4.74 Å². The van der Waals surface area contributed by atoms with Crippen LogP contribution in [0.1, 0.15) is 40.0 Å². The second kappa shape index (κ2) is 10.9. The predicted octanol–water partition coefficient (Wildman–Crippen LogP) is 1.96. The average molecular weight is 373 g/mol. The maximum atomic E-state index is 11.9. The summed E-state index contributed by atoms with van der Waals surface area (Å²) in [6, 6.07) is 0.328. The largest absolute Gasteiger partial charge is 0.378 e. The number of nitrogens with zero attached hydrogens (tertiary/aromatic N) is 2. The molecule has 0 bridgehead atoms. The van der Waals surface area contributed by atoms with Crippen LogP contribution in [0.2, 0.25) is 0 Å². The molecule has 0 aromatic carbocycles. The smallest absolute Gasteiger partial charge is 0.243 e. The highest BCUT2D eigenvalue weighted by atomic mass is 32.2. The zero-order valence-electron chi connectivity index (χ0n) is 16.7. The highest BCUT2D eigenvalue weighted by molar-refractivity contribution is 7.98. The van der Waals surface area contributed by atoms with Crippen LogP contribution in [0.15, 0.2) is 4.99 Å². The van der Waals surface area contributed by atoms with E-state index in [9.17, 15) is 4.79 Å². The summed E-state index contributed by atoms with van der Waals surface area (Å²) in [5.74, 6) is 1.74. The van der Waals surface area contributed by atoms with Crippen LogP contribution in [-0.2, 0) is 9.53 Å². The standard InChI is InChI=1S/C18H36N4O2S/c1-7-18(8-2)14(12-15(18)24-9-3)21-17(19-10-11-25-6)20-13-16(23)22(4)5/h14-15H,7-13H2,1-6H3,(H2,19,20,21). The van der Waals surface area contributed by atoms with Gasteiger partial charge in [0.05, 0.1) is 6.10 Å². The third-order valence-corrected chi connectivity index (χ3v) is 5.86. The van der Waals surface area contributed by atoms with E-state index in [1.54, 1.807) is 30.8 Å². The molecule has 7 heteroatoms. The van der Waals surface area contributed by atoms with Crippen molar-refractivity contribution in [3.63, 3.8) is 0 Å². The third kappa shape index (κ3) is 5.78. The van der Waals surface area contributed by atoms with Gasteiger partial charge in [-0.1, -0.05) is 13.8 Å². The molecule has 6 nitrogen and oxygen atoms in total. The van der Waals surface area contributed by atoms with Gasteiger partial charge in [0.25, 0.3) is 0 Å². The zero-order valence-corrected chi connectivity index (χ0v) is 17.5. The first-order chi connectivity index (χ1) is 11.9. The fourth-order valence-electron chi connectivity index (χ4n) is 3.46. The van der Waals surface area contributed by atoms with Crippen LogP contribution >= 0.6 is 11.8 Å². The van der Waals surface area contributed by atoms with Crippen LogP contribution in [0.5, 0.6) is 0 Å². The van der Waals surface area contributed by atoms with Gasteiger partial charge in [0.1, 0.15) is 6.54 Å². The SMILES string of the molecule is CCOC1CC(NC(=NCC(=O)N(C)C)NCCSC)C1(CC)CC. The predicted molar refractivity (Wildman–Crippen MR) is 107 cm³/mol. The number of carbonyl (C=O) groups is 1. The van der Waals surface area contributed by atoms with Crippen LogP contribution < -0.4 is 10.6 Å². The van der Waals surface area contributed by atoms with Crippen molar-refractivity contribution in [1.82, 2.24) is 15.5 Å². The van der Waals surface area contributed by atoms with Crippen molar-refractivity contribution in [2.75, 3.05) is 45.8 Å². The van der Waals surface area contributed by atoms with Gasteiger partial charge in [-0.2, -0.15) is 11.8 Å². The van der Waals surface area contributed by atoms with E-state index in [2.05, 4.69) is 42.7 Å². The van der Waals surface area contributed by atoms with E-state index in [1.807, 2.05) is 0 Å². The highest BCUT2D eigenvalue weighted by Gasteiger charge is 2.53. The van der Waals surface area contributed by atoms with Gasteiger partial charge < -0.3 is 20.3 Å². The van der Waals surface area contributed by atoms with Crippen molar-refractivity contribution in [3.05, 3.63) is 0 Å². The molecule has 0 spiro atoms. The first-order valence-electron chi connectivity index (χ1n) is 9.30. The van der Waals surface area contributed by atoms with Crippen LogP contribution in [0.25, 0.3) is 0 Å². The van der Waals surface area contributed by atoms with Crippen LogP contribution in [-0.4, -0.2) is 74.7 Å². The summed E-state index contributed by atoms with van der Waals surface area (Å²) >= 11 is 1.79. The van der Waals surface area contributed by atoms with Crippen molar-refractivity contribution in [3.8, 4) is 0 Å². The van der Waals surface area contributed by atoms with Gasteiger partial charge in [-0.3, -0.25) is 4.79 Å². The Morgan fingerprint density at radius 2 is 2.00 bits per heavy atom. The molecule has 0 heterocycles. The molecule has 1 aliphatic rings. The Labute approximate surface area is 157 Å². The lowest BCUT2D eigenvalue weighted by Crippen LogP contribution is -2.65. The van der Waals surface area contributed by atoms with Crippen molar-refractivity contribution < 1.29 is 9.53 Å². The Kier molecular flexibility index (Phi) is 9.64. The molecule has 0 aromatic rings. The van der Waals surface area contributed by atoms with E-state index in [0.29, 0.717) is 12.1 Å². The minimum atomic E-state index is 0.00372. The summed E-state index contributed by atoms with van der Waals surface area (Å²) in [6.07, 6.45) is 5.52. The number of carbonyl (C=O) groups excluding carboxylic acids is 1. The number of rotatable bonds is 10. The first kappa shape index (κ1) is 22.1. The van der Waals surface area contributed by atoms with Crippen molar-refractivity contribution in [2.24, 2.45) is 10.4 Å². The Morgan fingerprint density at radius 1 is 1.32 bits per heavy atom. The van der Waals surface area contributed by atoms with E-state index in [0.717, 1.165) is 44.1 Å². The highest BCUT2D eigenvalue weighted by Crippen LogP contribution is 2.48. The Morgan fingerprint density at radius 3 is 2.52 bits per heavy atom. The average Bonchev–Trinajstić information content (AvgIpc) is 2.59. The molecule has 1 rings (SSSR count). The molecule has 1 amide bonds. The number of likely N-dealkylation sites (N-methyl/N-ethyl adjacent to an activating group) is 1. The summed E-state index contributed by atoms with van der Waals surface area (Å²) in [5, 5.41) is 6.92. The van der Waals surface area contributed by atoms with E-state index in [-0.39, 0.29) is 17.9 Å². The fourth-order valence-corrected chi connectivity index (χ4v) is 3.77. The minimum absolute atomic E-state index is 0.00372. The summed E-state index contributed by atoms with van der Waals surface area (Å²) in [4.78, 5) is 17.9. The Bertz CT molecular complexity index is 439. The number of thioether (sulfide) groups is 1. The normalized spacial score (nSPS) is 22.2. The van der Waals surface area contributed by atoms with Gasteiger partial charge in [-0.05, 0) is 32.4 Å². The summed E-state index contributed by atoms with van der Waals surface area (Å²) < 4.78 is 5.95. The van der Waals surface area contributed by atoms with Gasteiger partial charge >= 0.3 is 0 Å². The van der Waals surface area contributed by atoms with E-state index in [1.165, 1.54) is 0 Å². The van der Waals surface area contributed by atoms with Crippen LogP contribution in [0.3, 0.4) is 0 Å². The van der Waals surface area contributed by atoms with Crippen molar-refractivity contribution in [1.29, 1.82) is 0 Å². The number of nitrogens with one attached hydrogen (secondary N) is 2. The second-order valence-electron chi connectivity index (χ2n) is 6.69. The number of hydrogen-bond donors (Lipinski definition) is 2. The number of ether oxygens (including phenoxy) is 1. The molecule has 2 atom stereocenters. The number of hydrogen-bond acceptors (Lipinski definition) is 4. The quantitative estimate of drug-likeness (QED) is 0.349. The summed E-state index contributed by atoms with van der Waals surface area (Å²) in [5.41, 5.74) is 0.142. The molecule has 2 unspecified atom stereocenters. The van der Waals surface area contributed by atoms with Gasteiger partial charge in [0.2, 0.25) is 5.91 Å². The lowest BCUT2D eigenvalue weighted by Gasteiger charge is -2.55. The lowest BCUT2D eigenvalue weighted by atomic mass is 9.58. The molecule has 146 valence electrons. The second-order valence-corrected chi connectivity index (χ2v) is 7.68. The maximum absolute atomic E-state index is 11.9. The molecular weight excluding hydrogens is 336 g/mol. The van der Waals surface area contributed by atoms with E-state index < -0.39 is 0 Å². The molecule has 0 radical (unpaired) electrons. The molecule has 1 aliphatic carbocycles. The topological polar surface area (TPSA) is 66.0 Å². The van der Waals surface area contributed by atoms with Crippen molar-refractivity contribution in [2.45, 2.75) is 52.2 Å². The van der Waals surface area contributed by atoms with Crippen molar-refractivity contribution >= 4 is 23.6 Å².